The van der Waals surface area contributed by atoms with Crippen LogP contribution in [0.5, 0.6) is 0 Å². The molecule has 0 bridgehead atoms. The summed E-state index contributed by atoms with van der Waals surface area (Å²) in [5, 5.41) is 80.1. The van der Waals surface area contributed by atoms with Gasteiger partial charge >= 0.3 is 81.7 Å². The number of allylic oxidation sites excluding steroid dienone is 8. The smallest absolute Gasteiger partial charge is 0.550 e. The van der Waals surface area contributed by atoms with Crippen LogP contribution in [-0.2, 0) is 120 Å². The maximum atomic E-state index is 10.0. The van der Waals surface area contributed by atoms with Gasteiger partial charge in [0.1, 0.15) is 0 Å². The number of carboxylic acids is 8. The van der Waals surface area contributed by atoms with Crippen molar-refractivity contribution in [2.75, 3.05) is 0 Å². The van der Waals surface area contributed by atoms with Gasteiger partial charge < -0.3 is 79.2 Å². The maximum absolute atomic E-state index is 10.0. The first kappa shape index (κ1) is 123. The van der Waals surface area contributed by atoms with Crippen LogP contribution in [0.25, 0.3) is 0 Å². The molecule has 0 N–H and O–H groups in total. The first-order valence-electron chi connectivity index (χ1n) is 36.6. The molecular formula is C80H136O16Pd4. The summed E-state index contributed by atoms with van der Waals surface area (Å²) in [6.45, 7) is 29.1. The first-order chi connectivity index (χ1) is 46.2. The van der Waals surface area contributed by atoms with Gasteiger partial charge in [-0.15, -0.1) is 52.6 Å². The van der Waals surface area contributed by atoms with Gasteiger partial charge in [-0.1, -0.05) is 203 Å². The van der Waals surface area contributed by atoms with E-state index in [-0.39, 0.29) is 133 Å². The van der Waals surface area contributed by atoms with E-state index in [9.17, 15) is 79.2 Å². The van der Waals surface area contributed by atoms with E-state index in [1.54, 1.807) is 0 Å². The van der Waals surface area contributed by atoms with Gasteiger partial charge in [0.25, 0.3) is 0 Å². The summed E-state index contributed by atoms with van der Waals surface area (Å²) in [7, 11) is 0. The summed E-state index contributed by atoms with van der Waals surface area (Å²) < 4.78 is 0. The zero-order valence-corrected chi connectivity index (χ0v) is 67.9. The van der Waals surface area contributed by atoms with E-state index in [0.29, 0.717) is 0 Å². The van der Waals surface area contributed by atoms with E-state index in [1.807, 2.05) is 48.6 Å². The number of unbranched alkanes of at least 4 members (excludes halogenated alkanes) is 40. The van der Waals surface area contributed by atoms with Gasteiger partial charge in [0.2, 0.25) is 0 Å². The molecule has 0 atom stereocenters. The van der Waals surface area contributed by atoms with Gasteiger partial charge in [0, 0.05) is 47.8 Å². The fourth-order valence-electron chi connectivity index (χ4n) is 8.71. The van der Waals surface area contributed by atoms with E-state index in [1.165, 1.54) is 103 Å². The number of carboxylic acid groups (broad SMARTS) is 8. The van der Waals surface area contributed by atoms with Crippen LogP contribution < -0.4 is 40.9 Å². The Balaban J connectivity index is -0.0000000880. The second-order valence-electron chi connectivity index (χ2n) is 23.7. The Kier molecular flexibility index (Phi) is 147. The van der Waals surface area contributed by atoms with Crippen LogP contribution in [0.1, 0.15) is 360 Å². The largest absolute Gasteiger partial charge is 2.00 e. The topological polar surface area (TPSA) is 321 Å². The third-order valence-electron chi connectivity index (χ3n) is 14.3. The predicted octanol–water partition coefficient (Wildman–Crippen LogP) is 13.2. The average Bonchev–Trinajstić information content (AvgIpc) is 3.60. The summed E-state index contributed by atoms with van der Waals surface area (Å²) in [6.07, 6.45) is 67.6. The monoisotopic (exact) mass is 1780 g/mol. The van der Waals surface area contributed by atoms with E-state index in [4.69, 9.17) is 0 Å². The molecule has 0 aromatic heterocycles. The molecule has 0 radical (unpaired) electrons. The normalized spacial score (nSPS) is 9.28. The van der Waals surface area contributed by atoms with E-state index in [0.717, 1.165) is 205 Å². The molecule has 0 saturated heterocycles. The minimum absolute atomic E-state index is 0. The van der Waals surface area contributed by atoms with Crippen molar-refractivity contribution in [3.63, 3.8) is 0 Å². The van der Waals surface area contributed by atoms with Crippen molar-refractivity contribution in [3.05, 3.63) is 101 Å². The summed E-state index contributed by atoms with van der Waals surface area (Å²) in [6, 6.07) is 0. The Labute approximate surface area is 664 Å². The fourth-order valence-corrected chi connectivity index (χ4v) is 8.71. The summed E-state index contributed by atoms with van der Waals surface area (Å²) >= 11 is 0. The number of carbonyl (C=O) groups is 8. The third-order valence-corrected chi connectivity index (χ3v) is 14.3. The van der Waals surface area contributed by atoms with Crippen LogP contribution in [0, 0.1) is 0 Å². The third kappa shape index (κ3) is 176. The Bertz CT molecular complexity index is 1450. The van der Waals surface area contributed by atoms with Gasteiger partial charge in [0.15, 0.2) is 0 Å². The van der Waals surface area contributed by atoms with Crippen molar-refractivity contribution in [1.82, 2.24) is 0 Å². The molecule has 0 aromatic carbocycles. The number of carbonyl (C=O) groups excluding carboxylic acids is 8. The minimum Gasteiger partial charge on any atom is -0.550 e. The average molecular weight is 1780 g/mol. The second-order valence-corrected chi connectivity index (χ2v) is 23.7. The molecule has 0 aliphatic rings. The molecule has 100 heavy (non-hydrogen) atoms. The Hall–Kier alpha value is -3.67. The van der Waals surface area contributed by atoms with Crippen LogP contribution in [0.3, 0.4) is 0 Å². The zero-order valence-electron chi connectivity index (χ0n) is 61.7. The van der Waals surface area contributed by atoms with Crippen molar-refractivity contribution >= 4 is 47.8 Å². The Morgan fingerprint density at radius 3 is 0.290 bits per heavy atom. The van der Waals surface area contributed by atoms with Crippen LogP contribution in [0.15, 0.2) is 101 Å². The second kappa shape index (κ2) is 119. The molecule has 0 aromatic rings. The molecule has 592 valence electrons. The van der Waals surface area contributed by atoms with Crippen molar-refractivity contribution in [3.8, 4) is 0 Å². The molecule has 0 heterocycles. The Morgan fingerprint density at radius 2 is 0.220 bits per heavy atom. The van der Waals surface area contributed by atoms with Gasteiger partial charge in [-0.05, 0) is 205 Å². The molecule has 0 fully saturated rings. The molecule has 0 unspecified atom stereocenters. The molecule has 16 nitrogen and oxygen atoms in total. The van der Waals surface area contributed by atoms with E-state index >= 15 is 0 Å². The predicted molar refractivity (Wildman–Crippen MR) is 380 cm³/mol. The van der Waals surface area contributed by atoms with E-state index in [2.05, 4.69) is 52.6 Å². The summed E-state index contributed by atoms with van der Waals surface area (Å²) in [5.41, 5.74) is 0. The van der Waals surface area contributed by atoms with Crippen LogP contribution in [0.4, 0.5) is 0 Å². The van der Waals surface area contributed by atoms with Crippen molar-refractivity contribution in [2.45, 2.75) is 360 Å². The number of aliphatic carboxylic acids is 8. The molecule has 20 heteroatoms. The van der Waals surface area contributed by atoms with Crippen molar-refractivity contribution in [2.24, 2.45) is 0 Å². The number of hydrogen-bond acceptors (Lipinski definition) is 16. The summed E-state index contributed by atoms with van der Waals surface area (Å²) in [5.74, 6) is -7.44. The van der Waals surface area contributed by atoms with E-state index < -0.39 is 47.8 Å². The molecule has 0 saturated carbocycles. The van der Waals surface area contributed by atoms with Crippen molar-refractivity contribution in [1.29, 1.82) is 0 Å². The van der Waals surface area contributed by atoms with Gasteiger partial charge in [-0.3, -0.25) is 0 Å². The molecule has 0 aliphatic heterocycles. The maximum Gasteiger partial charge on any atom is 2.00 e. The van der Waals surface area contributed by atoms with Gasteiger partial charge in [0.05, 0.1) is 0 Å². The summed E-state index contributed by atoms with van der Waals surface area (Å²) in [4.78, 5) is 80.1. The van der Waals surface area contributed by atoms with Crippen LogP contribution in [0.2, 0.25) is 0 Å². The van der Waals surface area contributed by atoms with Crippen LogP contribution >= 0.6 is 0 Å². The minimum atomic E-state index is -0.930. The zero-order chi connectivity index (χ0) is 73.9. The fraction of sp³-hybridized carbons (Fsp3) is 0.700. The Morgan fingerprint density at radius 1 is 0.150 bits per heavy atom. The standard InChI is InChI=1S/8C10H18O2.4Pd/c8*1-2-3-4-5-6-7-8-9-10(11)12;;;;/h8*2H,1,3-9H2,(H,11,12);;;;/q;;;;;;;;4*+2/p-8. The SMILES string of the molecule is C=CCCCCCCCC(=O)[O-].C=CCCCCCCCC(=O)[O-].C=CCCCCCCCC(=O)[O-].C=CCCCCCCCC(=O)[O-].C=CCCCCCCCC(=O)[O-].C=CCCCCCCCC(=O)[O-].C=CCCCCCCCC(=O)[O-].C=CCCCCCCCC(=O)[O-].[Pd+2].[Pd+2].[Pd+2].[Pd+2]. The molecule has 0 rings (SSSR count). The quantitative estimate of drug-likeness (QED) is 0.0310. The molecule has 0 aliphatic carbocycles. The molecular weight excluding hydrogens is 1640 g/mol. The molecule has 0 spiro atoms. The molecule has 0 amide bonds. The van der Waals surface area contributed by atoms with Crippen molar-refractivity contribution < 1.29 is 161 Å². The number of hydrogen-bond donors (Lipinski definition) is 0. The van der Waals surface area contributed by atoms with Gasteiger partial charge in [-0.25, -0.2) is 0 Å². The number of rotatable bonds is 64. The van der Waals surface area contributed by atoms with Crippen LogP contribution in [-0.4, -0.2) is 47.8 Å². The first-order valence-corrected chi connectivity index (χ1v) is 36.6. The van der Waals surface area contributed by atoms with Gasteiger partial charge in [-0.2, -0.15) is 0 Å².